The summed E-state index contributed by atoms with van der Waals surface area (Å²) in [6, 6.07) is 14.3. The fraction of sp³-hybridized carbons (Fsp3) is 0.100. The number of ether oxygens (including phenoxy) is 1. The molecule has 6 heteroatoms. The van der Waals surface area contributed by atoms with Crippen molar-refractivity contribution in [3.05, 3.63) is 76.9 Å². The summed E-state index contributed by atoms with van der Waals surface area (Å²) in [5.74, 6) is -0.282. The summed E-state index contributed by atoms with van der Waals surface area (Å²) >= 11 is 3.41. The lowest BCUT2D eigenvalue weighted by molar-refractivity contribution is -0.134. The first-order chi connectivity index (χ1) is 12.5. The van der Waals surface area contributed by atoms with Crippen LogP contribution in [0.2, 0.25) is 0 Å². The number of carbonyl (C=O) groups is 2. The molecule has 0 aliphatic carbocycles. The average molecular weight is 416 g/mol. The first-order valence-electron chi connectivity index (χ1n) is 7.88. The molecule has 1 amide bonds. The Hall–Kier alpha value is -2.86. The maximum Gasteiger partial charge on any atom is 0.352 e. The van der Waals surface area contributed by atoms with E-state index in [0.717, 1.165) is 4.47 Å². The zero-order valence-electron chi connectivity index (χ0n) is 13.9. The van der Waals surface area contributed by atoms with Crippen LogP contribution in [0.3, 0.4) is 0 Å². The van der Waals surface area contributed by atoms with Gasteiger partial charge in [0.25, 0.3) is 0 Å². The van der Waals surface area contributed by atoms with E-state index in [4.69, 9.17) is 4.74 Å². The minimum Gasteiger partial charge on any atom is -0.477 e. The number of carboxylic acid groups (broad SMARTS) is 1. The fourth-order valence-electron chi connectivity index (χ4n) is 2.05. The van der Waals surface area contributed by atoms with Crippen molar-refractivity contribution in [1.29, 1.82) is 0 Å². The molecular formula is C20H18BrNO4. The second kappa shape index (κ2) is 9.58. The Bertz CT molecular complexity index is 828. The van der Waals surface area contributed by atoms with Gasteiger partial charge in [-0.25, -0.2) is 4.79 Å². The van der Waals surface area contributed by atoms with Gasteiger partial charge in [0.05, 0.1) is 4.47 Å². The minimum absolute atomic E-state index is 0.182. The number of amides is 1. The third-order valence-electron chi connectivity index (χ3n) is 3.34. The van der Waals surface area contributed by atoms with Crippen molar-refractivity contribution in [3.8, 4) is 11.5 Å². The third kappa shape index (κ3) is 5.89. The Labute approximate surface area is 160 Å². The molecule has 0 saturated heterocycles. The van der Waals surface area contributed by atoms with E-state index in [9.17, 15) is 14.7 Å². The van der Waals surface area contributed by atoms with Gasteiger partial charge in [-0.1, -0.05) is 30.3 Å². The number of benzene rings is 2. The van der Waals surface area contributed by atoms with E-state index in [1.807, 2.05) is 24.3 Å². The van der Waals surface area contributed by atoms with Crippen molar-refractivity contribution in [2.24, 2.45) is 0 Å². The first kappa shape index (κ1) is 19.5. The lowest BCUT2D eigenvalue weighted by Crippen LogP contribution is -2.26. The van der Waals surface area contributed by atoms with Crippen LogP contribution in [0.1, 0.15) is 18.4 Å². The molecule has 2 N–H and O–H groups in total. The van der Waals surface area contributed by atoms with E-state index in [0.29, 0.717) is 23.5 Å². The van der Waals surface area contributed by atoms with E-state index in [-0.39, 0.29) is 18.0 Å². The highest BCUT2D eigenvalue weighted by molar-refractivity contribution is 9.10. The Morgan fingerprint density at radius 2 is 1.85 bits per heavy atom. The number of nitrogens with one attached hydrogen (secondary N) is 1. The molecule has 2 rings (SSSR count). The molecule has 134 valence electrons. The summed E-state index contributed by atoms with van der Waals surface area (Å²) in [4.78, 5) is 23.0. The number of aliphatic carboxylic acids is 1. The van der Waals surface area contributed by atoms with E-state index in [1.54, 1.807) is 30.3 Å². The van der Waals surface area contributed by atoms with Gasteiger partial charge >= 0.3 is 5.97 Å². The lowest BCUT2D eigenvalue weighted by atomic mass is 10.1. The van der Waals surface area contributed by atoms with Gasteiger partial charge in [0.15, 0.2) is 0 Å². The van der Waals surface area contributed by atoms with Gasteiger partial charge in [0, 0.05) is 6.42 Å². The summed E-state index contributed by atoms with van der Waals surface area (Å²) in [5, 5.41) is 11.7. The van der Waals surface area contributed by atoms with Crippen molar-refractivity contribution in [2.45, 2.75) is 12.8 Å². The summed E-state index contributed by atoms with van der Waals surface area (Å²) in [6.45, 7) is 3.53. The van der Waals surface area contributed by atoms with Crippen LogP contribution in [0.5, 0.6) is 11.5 Å². The summed E-state index contributed by atoms with van der Waals surface area (Å²) in [6.07, 6.45) is 3.68. The largest absolute Gasteiger partial charge is 0.477 e. The van der Waals surface area contributed by atoms with Crippen LogP contribution >= 0.6 is 15.9 Å². The normalized spacial score (nSPS) is 10.9. The minimum atomic E-state index is -1.20. The number of carbonyl (C=O) groups excluding carboxylic acids is 1. The predicted octanol–water partition coefficient (Wildman–Crippen LogP) is 4.75. The molecule has 0 aromatic heterocycles. The van der Waals surface area contributed by atoms with E-state index in [2.05, 4.69) is 27.8 Å². The molecule has 2 aromatic rings. The number of hydrogen-bond acceptors (Lipinski definition) is 3. The molecule has 0 aliphatic rings. The molecule has 0 spiro atoms. The van der Waals surface area contributed by atoms with Crippen molar-refractivity contribution in [3.63, 3.8) is 0 Å². The van der Waals surface area contributed by atoms with Gasteiger partial charge in [0.1, 0.15) is 17.2 Å². The fourth-order valence-corrected chi connectivity index (χ4v) is 2.42. The molecule has 0 fully saturated rings. The van der Waals surface area contributed by atoms with E-state index < -0.39 is 5.97 Å². The van der Waals surface area contributed by atoms with Crippen molar-refractivity contribution in [1.82, 2.24) is 5.32 Å². The van der Waals surface area contributed by atoms with E-state index >= 15 is 0 Å². The van der Waals surface area contributed by atoms with Gasteiger partial charge in [-0.2, -0.15) is 0 Å². The van der Waals surface area contributed by atoms with Crippen molar-refractivity contribution < 1.29 is 19.4 Å². The third-order valence-corrected chi connectivity index (χ3v) is 3.99. The van der Waals surface area contributed by atoms with Crippen LogP contribution in [0.4, 0.5) is 0 Å². The van der Waals surface area contributed by atoms with Gasteiger partial charge in [0.2, 0.25) is 5.91 Å². The number of halogens is 1. The monoisotopic (exact) mass is 415 g/mol. The predicted molar refractivity (Wildman–Crippen MR) is 104 cm³/mol. The van der Waals surface area contributed by atoms with Gasteiger partial charge in [-0.05, 0) is 58.3 Å². The Morgan fingerprint density at radius 3 is 2.46 bits per heavy atom. The lowest BCUT2D eigenvalue weighted by Gasteiger charge is -2.08. The molecule has 26 heavy (non-hydrogen) atoms. The molecule has 0 saturated carbocycles. The second-order valence-corrected chi connectivity index (χ2v) is 6.19. The Morgan fingerprint density at radius 1 is 1.15 bits per heavy atom. The zero-order valence-corrected chi connectivity index (χ0v) is 15.5. The zero-order chi connectivity index (χ0) is 18.9. The average Bonchev–Trinajstić information content (AvgIpc) is 2.62. The standard InChI is InChI=1S/C20H18BrNO4/c1-2-3-8-19(23)22-17(20(24)25)13-14-9-11-15(12-10-14)26-18-7-5-4-6-16(18)21/h2,4-7,9-13H,1,3,8H2,(H,22,23)(H,24,25)/b17-13+. The van der Waals surface area contributed by atoms with Gasteiger partial charge in [-0.15, -0.1) is 6.58 Å². The summed E-state index contributed by atoms with van der Waals surface area (Å²) in [5.41, 5.74) is 0.449. The van der Waals surface area contributed by atoms with Crippen LogP contribution in [-0.2, 0) is 9.59 Å². The highest BCUT2D eigenvalue weighted by atomic mass is 79.9. The maximum absolute atomic E-state index is 11.7. The molecule has 0 unspecified atom stereocenters. The molecule has 0 atom stereocenters. The van der Waals surface area contributed by atoms with Crippen LogP contribution in [0, 0.1) is 0 Å². The van der Waals surface area contributed by atoms with E-state index in [1.165, 1.54) is 6.08 Å². The Kier molecular flexibility index (Phi) is 7.17. The summed E-state index contributed by atoms with van der Waals surface area (Å²) < 4.78 is 6.60. The van der Waals surface area contributed by atoms with Crippen LogP contribution < -0.4 is 10.1 Å². The molecule has 0 radical (unpaired) electrons. The highest BCUT2D eigenvalue weighted by Crippen LogP contribution is 2.29. The Balaban J connectivity index is 2.10. The maximum atomic E-state index is 11.7. The molecule has 0 bridgehead atoms. The molecular weight excluding hydrogens is 398 g/mol. The van der Waals surface area contributed by atoms with Gasteiger partial charge < -0.3 is 15.2 Å². The topological polar surface area (TPSA) is 75.6 Å². The molecule has 0 heterocycles. The SMILES string of the molecule is C=CCCC(=O)N/C(=C/c1ccc(Oc2ccccc2Br)cc1)C(=O)O. The quantitative estimate of drug-likeness (QED) is 0.481. The van der Waals surface area contributed by atoms with Crippen LogP contribution in [0.25, 0.3) is 6.08 Å². The van der Waals surface area contributed by atoms with Gasteiger partial charge in [-0.3, -0.25) is 4.79 Å². The number of rotatable bonds is 8. The molecule has 0 aliphatic heterocycles. The number of hydrogen-bond donors (Lipinski definition) is 2. The van der Waals surface area contributed by atoms with Crippen LogP contribution in [0.15, 0.2) is 71.4 Å². The second-order valence-electron chi connectivity index (χ2n) is 5.34. The molecule has 2 aromatic carbocycles. The summed E-state index contributed by atoms with van der Waals surface area (Å²) in [7, 11) is 0. The smallest absolute Gasteiger partial charge is 0.352 e. The number of allylic oxidation sites excluding steroid dienone is 1. The highest BCUT2D eigenvalue weighted by Gasteiger charge is 2.11. The van der Waals surface area contributed by atoms with Crippen LogP contribution in [-0.4, -0.2) is 17.0 Å². The first-order valence-corrected chi connectivity index (χ1v) is 8.67. The molecule has 5 nitrogen and oxygen atoms in total. The number of carboxylic acids is 1. The van der Waals surface area contributed by atoms with Crippen molar-refractivity contribution in [2.75, 3.05) is 0 Å². The number of para-hydroxylation sites is 1. The van der Waals surface area contributed by atoms with Crippen molar-refractivity contribution >= 4 is 33.9 Å².